The van der Waals surface area contributed by atoms with Crippen LogP contribution in [0.3, 0.4) is 0 Å². The largest absolute Gasteiger partial charge is 0.391 e. The molecule has 0 amide bonds. The molecule has 0 aliphatic rings. The van der Waals surface area contributed by atoms with Crippen LogP contribution in [0.25, 0.3) is 0 Å². The number of aliphatic hydroxyl groups excluding tert-OH is 1. The van der Waals surface area contributed by atoms with Crippen molar-refractivity contribution in [1.29, 1.82) is 0 Å². The molecule has 21 heavy (non-hydrogen) atoms. The van der Waals surface area contributed by atoms with Crippen LogP contribution >= 0.6 is 11.6 Å². The van der Waals surface area contributed by atoms with Gasteiger partial charge >= 0.3 is 0 Å². The smallest absolute Gasteiger partial charge is 0.0976 e. The maximum Gasteiger partial charge on any atom is 0.0976 e. The molecule has 2 N–H and O–H groups in total. The van der Waals surface area contributed by atoms with Gasteiger partial charge in [-0.05, 0) is 44.4 Å². The van der Waals surface area contributed by atoms with Gasteiger partial charge in [0.2, 0.25) is 0 Å². The van der Waals surface area contributed by atoms with Gasteiger partial charge in [0.1, 0.15) is 0 Å². The highest BCUT2D eigenvalue weighted by Gasteiger charge is 2.30. The van der Waals surface area contributed by atoms with Crippen molar-refractivity contribution in [2.75, 3.05) is 0 Å². The molecular formula is C16H26ClNO2S. The van der Waals surface area contributed by atoms with Crippen LogP contribution in [-0.4, -0.2) is 20.2 Å². The maximum absolute atomic E-state index is 12.4. The van der Waals surface area contributed by atoms with Crippen molar-refractivity contribution < 1.29 is 9.32 Å². The summed E-state index contributed by atoms with van der Waals surface area (Å²) in [6.45, 7) is 9.75. The summed E-state index contributed by atoms with van der Waals surface area (Å²) in [5.74, 6) is 0.107. The standard InChI is InChI=1S/C16H26ClNO2S/c1-6-11(2)15(19)14(18-21(20)16(3,4)5)12-7-9-13(17)10-8-12/h7-11,14-15,18-19H,6H2,1-5H3/t11?,14-,15+,21?/m0/s1. The van der Waals surface area contributed by atoms with E-state index in [0.717, 1.165) is 12.0 Å². The lowest BCUT2D eigenvalue weighted by atomic mass is 9.92. The lowest BCUT2D eigenvalue weighted by molar-refractivity contribution is 0.0825. The zero-order chi connectivity index (χ0) is 16.2. The molecule has 0 aromatic heterocycles. The second kappa shape index (κ2) is 7.73. The first-order valence-corrected chi connectivity index (χ1v) is 8.81. The summed E-state index contributed by atoms with van der Waals surface area (Å²) in [4.78, 5) is 0. The second-order valence-electron chi connectivity index (χ2n) is 6.40. The molecule has 0 spiro atoms. The van der Waals surface area contributed by atoms with Gasteiger partial charge in [0.15, 0.2) is 0 Å². The molecule has 0 aliphatic carbocycles. The fourth-order valence-corrected chi connectivity index (χ4v) is 2.85. The molecule has 0 bridgehead atoms. The van der Waals surface area contributed by atoms with Gasteiger partial charge in [-0.1, -0.05) is 44.0 Å². The molecule has 0 radical (unpaired) electrons. The molecule has 0 heterocycles. The van der Waals surface area contributed by atoms with Crippen LogP contribution in [0.2, 0.25) is 5.02 Å². The lowest BCUT2D eigenvalue weighted by Gasteiger charge is -2.30. The molecule has 0 fully saturated rings. The SMILES string of the molecule is CCC(C)[C@@H](O)[C@@H](NS(=O)C(C)(C)C)c1ccc(Cl)cc1. The molecule has 0 saturated carbocycles. The molecule has 0 aliphatic heterocycles. The quantitative estimate of drug-likeness (QED) is 0.832. The minimum Gasteiger partial charge on any atom is -0.391 e. The Morgan fingerprint density at radius 3 is 2.24 bits per heavy atom. The molecule has 120 valence electrons. The summed E-state index contributed by atoms with van der Waals surface area (Å²) >= 11 is 5.92. The van der Waals surface area contributed by atoms with Crippen molar-refractivity contribution in [1.82, 2.24) is 4.72 Å². The Hall–Kier alpha value is -0.420. The fourth-order valence-electron chi connectivity index (χ4n) is 1.87. The van der Waals surface area contributed by atoms with Crippen molar-refractivity contribution in [2.24, 2.45) is 5.92 Å². The Balaban J connectivity index is 3.05. The van der Waals surface area contributed by atoms with Gasteiger partial charge < -0.3 is 5.11 Å². The van der Waals surface area contributed by atoms with Gasteiger partial charge in [-0.25, -0.2) is 8.93 Å². The third-order valence-electron chi connectivity index (χ3n) is 3.59. The summed E-state index contributed by atoms with van der Waals surface area (Å²) in [5.41, 5.74) is 0.893. The minimum atomic E-state index is -1.26. The number of halogens is 1. The molecule has 0 saturated heterocycles. The van der Waals surface area contributed by atoms with Gasteiger partial charge in [-0.2, -0.15) is 0 Å². The Bertz CT molecular complexity index is 470. The first kappa shape index (κ1) is 18.6. The summed E-state index contributed by atoms with van der Waals surface area (Å²) in [6, 6.07) is 6.93. The predicted octanol–water partition coefficient (Wildman–Crippen LogP) is 3.84. The zero-order valence-electron chi connectivity index (χ0n) is 13.4. The van der Waals surface area contributed by atoms with Crippen molar-refractivity contribution in [3.8, 4) is 0 Å². The molecule has 2 unspecified atom stereocenters. The number of aliphatic hydroxyl groups is 1. The van der Waals surface area contributed by atoms with Crippen LogP contribution in [0.15, 0.2) is 24.3 Å². The van der Waals surface area contributed by atoms with Gasteiger partial charge in [0.05, 0.1) is 27.9 Å². The highest BCUT2D eigenvalue weighted by molar-refractivity contribution is 7.84. The predicted molar refractivity (Wildman–Crippen MR) is 90.7 cm³/mol. The Morgan fingerprint density at radius 2 is 1.81 bits per heavy atom. The number of rotatable bonds is 6. The first-order chi connectivity index (χ1) is 9.66. The summed E-state index contributed by atoms with van der Waals surface area (Å²) in [6.07, 6.45) is 0.247. The third kappa shape index (κ3) is 5.37. The second-order valence-corrected chi connectivity index (χ2v) is 8.84. The van der Waals surface area contributed by atoms with Crippen molar-refractivity contribution in [2.45, 2.75) is 57.9 Å². The van der Waals surface area contributed by atoms with E-state index in [1.54, 1.807) is 12.1 Å². The van der Waals surface area contributed by atoms with E-state index in [9.17, 15) is 9.32 Å². The van der Waals surface area contributed by atoms with E-state index in [4.69, 9.17) is 11.6 Å². The maximum atomic E-state index is 12.4. The van der Waals surface area contributed by atoms with Gasteiger partial charge in [0.25, 0.3) is 0 Å². The molecule has 3 nitrogen and oxygen atoms in total. The summed E-state index contributed by atoms with van der Waals surface area (Å²) < 4.78 is 15.1. The molecular weight excluding hydrogens is 306 g/mol. The summed E-state index contributed by atoms with van der Waals surface area (Å²) in [5, 5.41) is 11.2. The molecule has 1 aromatic carbocycles. The Morgan fingerprint density at radius 1 is 1.29 bits per heavy atom. The van der Waals surface area contributed by atoms with E-state index in [-0.39, 0.29) is 16.7 Å². The topological polar surface area (TPSA) is 49.3 Å². The average Bonchev–Trinajstić information content (AvgIpc) is 2.43. The number of nitrogens with one attached hydrogen (secondary N) is 1. The van der Waals surface area contributed by atoms with E-state index in [1.807, 2.05) is 46.8 Å². The average molecular weight is 332 g/mol. The molecule has 1 rings (SSSR count). The third-order valence-corrected chi connectivity index (χ3v) is 5.42. The van der Waals surface area contributed by atoms with Gasteiger partial charge in [-0.3, -0.25) is 0 Å². The Kier molecular flexibility index (Phi) is 6.85. The van der Waals surface area contributed by atoms with Crippen molar-refractivity contribution in [3.05, 3.63) is 34.9 Å². The first-order valence-electron chi connectivity index (χ1n) is 7.28. The highest BCUT2D eigenvalue weighted by atomic mass is 35.5. The van der Waals surface area contributed by atoms with Gasteiger partial charge in [0, 0.05) is 5.02 Å². The van der Waals surface area contributed by atoms with Crippen molar-refractivity contribution >= 4 is 22.6 Å². The molecule has 4 atom stereocenters. The van der Waals surface area contributed by atoms with Gasteiger partial charge in [-0.15, -0.1) is 0 Å². The van der Waals surface area contributed by atoms with Crippen LogP contribution in [0, 0.1) is 5.92 Å². The fraction of sp³-hybridized carbons (Fsp3) is 0.625. The van der Waals surface area contributed by atoms with E-state index in [1.165, 1.54) is 0 Å². The number of hydrogen-bond donors (Lipinski definition) is 2. The summed E-state index contributed by atoms with van der Waals surface area (Å²) in [7, 11) is -1.26. The van der Waals surface area contributed by atoms with E-state index in [0.29, 0.717) is 5.02 Å². The van der Waals surface area contributed by atoms with Crippen LogP contribution in [0.4, 0.5) is 0 Å². The van der Waals surface area contributed by atoms with Crippen LogP contribution in [0.5, 0.6) is 0 Å². The number of hydrogen-bond acceptors (Lipinski definition) is 2. The number of benzene rings is 1. The Labute approximate surface area is 135 Å². The van der Waals surface area contributed by atoms with E-state index < -0.39 is 17.1 Å². The molecule has 5 heteroatoms. The lowest BCUT2D eigenvalue weighted by Crippen LogP contribution is -2.42. The monoisotopic (exact) mass is 331 g/mol. The van der Waals surface area contributed by atoms with Crippen LogP contribution in [0.1, 0.15) is 52.6 Å². The highest BCUT2D eigenvalue weighted by Crippen LogP contribution is 2.27. The van der Waals surface area contributed by atoms with Crippen LogP contribution in [-0.2, 0) is 11.0 Å². The normalized spacial score (nSPS) is 18.0. The van der Waals surface area contributed by atoms with E-state index in [2.05, 4.69) is 4.72 Å². The van der Waals surface area contributed by atoms with Crippen LogP contribution < -0.4 is 4.72 Å². The minimum absolute atomic E-state index is 0.107. The van der Waals surface area contributed by atoms with Crippen molar-refractivity contribution in [3.63, 3.8) is 0 Å². The zero-order valence-corrected chi connectivity index (χ0v) is 15.0. The molecule has 1 aromatic rings. The van der Waals surface area contributed by atoms with E-state index >= 15 is 0 Å².